The number of rotatable bonds is 23. The molecule has 14 aromatic heterocycles. The number of hydrogen-bond acceptors (Lipinski definition) is 30. The normalized spacial score (nSPS) is 16.2. The number of nitrogens with zero attached hydrogens (tertiary/aromatic N) is 20. The lowest BCUT2D eigenvalue weighted by Crippen LogP contribution is -2.31. The van der Waals surface area contributed by atoms with Crippen LogP contribution in [0.3, 0.4) is 0 Å². The van der Waals surface area contributed by atoms with E-state index in [2.05, 4.69) is 103 Å². The summed E-state index contributed by atoms with van der Waals surface area (Å²) < 4.78 is 10.5. The molecule has 5 amide bonds. The van der Waals surface area contributed by atoms with E-state index in [0.29, 0.717) is 131 Å². The second kappa shape index (κ2) is 46.0. The molecule has 3 aromatic carbocycles. The number of para-hydroxylation sites is 3. The second-order valence-corrected chi connectivity index (χ2v) is 36.1. The van der Waals surface area contributed by atoms with Crippen LogP contribution in [-0.4, -0.2) is 141 Å². The number of anilines is 13. The van der Waals surface area contributed by atoms with Gasteiger partial charge in [0, 0.05) is 65.5 Å². The minimum Gasteiger partial charge on any atom is -0.397 e. The highest BCUT2D eigenvalue weighted by molar-refractivity contribution is 6.06. The Morgan fingerprint density at radius 3 is 0.838 bits per heavy atom. The molecule has 4 saturated carbocycles. The quantitative estimate of drug-likeness (QED) is 0.0161. The predicted octanol–water partition coefficient (Wildman–Crippen LogP) is 16.9. The largest absolute Gasteiger partial charge is 0.397 e. The van der Waals surface area contributed by atoms with E-state index >= 15 is 0 Å². The molecule has 760 valence electrons. The van der Waals surface area contributed by atoms with E-state index in [1.807, 2.05) is 84.9 Å². The Kier molecular flexibility index (Phi) is 31.9. The molecular formula is C100H107N35O13. The second-order valence-electron chi connectivity index (χ2n) is 36.1. The van der Waals surface area contributed by atoms with Crippen molar-refractivity contribution in [3.63, 3.8) is 0 Å². The molecule has 21 rings (SSSR count). The molecule has 4 aliphatic rings. The van der Waals surface area contributed by atoms with Crippen LogP contribution in [0.4, 0.5) is 108 Å². The van der Waals surface area contributed by atoms with Crippen LogP contribution in [-0.2, 0) is 0 Å². The molecule has 0 bridgehead atoms. The molecule has 6 unspecified atom stereocenters. The fourth-order valence-electron chi connectivity index (χ4n) is 18.3. The summed E-state index contributed by atoms with van der Waals surface area (Å²) in [4.78, 5) is 107. The van der Waals surface area contributed by atoms with Crippen LogP contribution in [0.5, 0.6) is 0 Å². The Bertz CT molecular complexity index is 7930. The summed E-state index contributed by atoms with van der Waals surface area (Å²) in [5, 5.41) is 95.5. The number of nitro groups is 4. The van der Waals surface area contributed by atoms with Gasteiger partial charge in [-0.15, -0.1) is 0 Å². The summed E-state index contributed by atoms with van der Waals surface area (Å²) in [6.45, 7) is 21.1. The van der Waals surface area contributed by atoms with Crippen LogP contribution in [0.15, 0.2) is 220 Å². The van der Waals surface area contributed by atoms with Crippen molar-refractivity contribution in [3.8, 4) is 0 Å². The molecule has 4 aliphatic carbocycles. The van der Waals surface area contributed by atoms with E-state index < -0.39 is 49.2 Å². The van der Waals surface area contributed by atoms with E-state index in [9.17, 15) is 64.4 Å². The molecule has 4 fully saturated rings. The summed E-state index contributed by atoms with van der Waals surface area (Å²) in [5.74, 6) is -1.22. The molecule has 48 heteroatoms. The minimum absolute atomic E-state index is 0.0191. The summed E-state index contributed by atoms with van der Waals surface area (Å²) in [6.07, 6.45) is 38.8. The van der Waals surface area contributed by atoms with E-state index in [1.54, 1.807) is 56.4 Å². The molecule has 0 spiro atoms. The van der Waals surface area contributed by atoms with Gasteiger partial charge in [-0.3, -0.25) is 64.4 Å². The third kappa shape index (κ3) is 24.1. The lowest BCUT2D eigenvalue weighted by molar-refractivity contribution is -0.384. The third-order valence-corrected chi connectivity index (χ3v) is 26.0. The van der Waals surface area contributed by atoms with Crippen LogP contribution in [0.2, 0.25) is 0 Å². The zero-order valence-corrected chi connectivity index (χ0v) is 80.5. The Morgan fingerprint density at radius 1 is 0.311 bits per heavy atom. The highest BCUT2D eigenvalue weighted by Crippen LogP contribution is 2.41. The van der Waals surface area contributed by atoms with Crippen molar-refractivity contribution in [2.24, 2.45) is 46.4 Å². The topological polar surface area (TPSA) is 680 Å². The van der Waals surface area contributed by atoms with Gasteiger partial charge >= 0.3 is 0 Å². The number of fused-ring (bicyclic) bond motifs is 7. The number of amides is 5. The standard InChI is InChI=1S/C15H19N5O3.C15H17N5O2.C15H21N5O.C14H11N5O3.C14H9N5O2.C14H13N5O.C13H17N5O/c1-9-4-2-3-5-12(9)18-14-11(15(16)21)7-17-19-8-10(20(22)23)6-13(14)19;1-10-5-3-4-6-12(10)18-15-13(16-2)8-17-19-9-11(20(21)22)7-14(15)19;1-9-4-2-3-5-12(9)19-14-11(15(17)21)7-18-20-8-10(16)6-13(14)20;15-14(20)11-7-16-18-8-10(19(21)22)6-12(18)13(11)17-9-4-2-1-3-5-9;1-15-12-8-16-18-9-11(19(20)21)7-13(18)14(12)17-10-5-3-2-4-6-10;15-9-6-12-13(18-10-4-2-1-3-5-10)11(14(16)20)7-17-19(12)8-9;14-8-5-11-12(17-9-3-1-2-4-9)10(13(15)19)6-16-18(11)7-8/h6-9,12,18H,2-5H2,1H3,(H2,16,21);7-10,12,18H,3-6H2,1H3;6-9,12,19H,2-5,16H2,1H3,(H2,17,21);1-8,17H,(H2,15,20);2-9,17H;1-8,18H,15H2,(H2,16,20);5-7,9,17H,1-4,14H2,(H2,15,19). The lowest BCUT2D eigenvalue weighted by atomic mass is 9.85. The van der Waals surface area contributed by atoms with Crippen molar-refractivity contribution < 1.29 is 43.7 Å². The summed E-state index contributed by atoms with van der Waals surface area (Å²) in [5.41, 5.74) is 59.1. The van der Waals surface area contributed by atoms with Crippen molar-refractivity contribution in [3.05, 3.63) is 311 Å². The smallest absolute Gasteiger partial charge is 0.289 e. The van der Waals surface area contributed by atoms with Gasteiger partial charge in [-0.2, -0.15) is 35.7 Å². The van der Waals surface area contributed by atoms with Gasteiger partial charge in [0.1, 0.15) is 24.8 Å². The first-order valence-electron chi connectivity index (χ1n) is 47.4. The van der Waals surface area contributed by atoms with Crippen LogP contribution in [0.25, 0.3) is 48.3 Å². The fraction of sp³-hybridized carbons (Fsp3) is 0.260. The van der Waals surface area contributed by atoms with Gasteiger partial charge in [0.2, 0.25) is 11.4 Å². The van der Waals surface area contributed by atoms with Gasteiger partial charge in [-0.05, 0) is 124 Å². The first-order chi connectivity index (χ1) is 71.2. The van der Waals surface area contributed by atoms with Gasteiger partial charge in [0.25, 0.3) is 52.3 Å². The van der Waals surface area contributed by atoms with Gasteiger partial charge in [-0.25, -0.2) is 41.3 Å². The Labute approximate surface area is 842 Å². The van der Waals surface area contributed by atoms with E-state index in [4.69, 9.17) is 59.0 Å². The molecule has 0 aliphatic heterocycles. The van der Waals surface area contributed by atoms with Crippen molar-refractivity contribution in [1.29, 1.82) is 0 Å². The lowest BCUT2D eigenvalue weighted by Gasteiger charge is -2.31. The van der Waals surface area contributed by atoms with Crippen LogP contribution in [0.1, 0.15) is 175 Å². The highest BCUT2D eigenvalue weighted by Gasteiger charge is 2.31. The molecule has 14 heterocycles. The average molecular weight is 2010 g/mol. The van der Waals surface area contributed by atoms with Crippen LogP contribution >= 0.6 is 0 Å². The summed E-state index contributed by atoms with van der Waals surface area (Å²) >= 11 is 0. The summed E-state index contributed by atoms with van der Waals surface area (Å²) in [6, 6.07) is 40.1. The van der Waals surface area contributed by atoms with Crippen molar-refractivity contribution >= 4 is 176 Å². The van der Waals surface area contributed by atoms with Gasteiger partial charge in [0.05, 0.1) is 218 Å². The van der Waals surface area contributed by atoms with Crippen molar-refractivity contribution in [1.82, 2.24) is 67.3 Å². The number of aromatic nitrogens is 14. The highest BCUT2D eigenvalue weighted by atomic mass is 16.6. The number of carbonyl (C=O) groups excluding carboxylic acids is 5. The van der Waals surface area contributed by atoms with Crippen LogP contribution < -0.4 is 83.1 Å². The van der Waals surface area contributed by atoms with Crippen LogP contribution in [0, 0.1) is 71.4 Å². The molecule has 0 radical (unpaired) electrons. The van der Waals surface area contributed by atoms with Crippen molar-refractivity contribution in [2.75, 3.05) is 54.4 Å². The maximum absolute atomic E-state index is 11.7. The molecule has 0 saturated heterocycles. The number of benzene rings is 3. The number of primary amides is 5. The Hall–Kier alpha value is -19.6. The first-order valence-corrected chi connectivity index (χ1v) is 47.4. The molecule has 17 aromatic rings. The van der Waals surface area contributed by atoms with Crippen molar-refractivity contribution in [2.45, 2.75) is 148 Å². The van der Waals surface area contributed by atoms with Gasteiger partial charge in [-0.1, -0.05) is 127 Å². The molecule has 6 atom stereocenters. The molecule has 23 N–H and O–H groups in total. The fourth-order valence-corrected chi connectivity index (χ4v) is 18.3. The first kappa shape index (κ1) is 103. The van der Waals surface area contributed by atoms with E-state index in [1.165, 1.54) is 155 Å². The van der Waals surface area contributed by atoms with E-state index in [-0.39, 0.29) is 46.0 Å². The molecular weight excluding hydrogens is 1900 g/mol. The summed E-state index contributed by atoms with van der Waals surface area (Å²) in [7, 11) is 0. The Balaban J connectivity index is 0.000000129. The monoisotopic (exact) mass is 2010 g/mol. The number of nitrogens with one attached hydrogen (secondary N) is 7. The maximum Gasteiger partial charge on any atom is 0.289 e. The number of nitrogen functional groups attached to an aromatic ring is 3. The zero-order chi connectivity index (χ0) is 105. The molecule has 48 nitrogen and oxygen atoms in total. The SMILES string of the molecule is CC1CCCCC1Nc1c(C(N)=O)cnn2cc(N)cc12.CC1CCCCC1Nc1c(C(N)=O)cnn2cc([N+](=O)[O-])cc12.NC(=O)c1cnn2cc(N)cc2c1NC1CCCC1.NC(=O)c1cnn2cc(N)cc2c1Nc1ccccc1.NC(=O)c1cnn2cc([N+](=O)[O-])cc2c1Nc1ccccc1.[C-]#[N+]c1cnn2cc([N+](=O)[O-])cc2c1NC1CCCCC1C.[C-]#[N+]c1cnn2cc([N+](=O)[O-])cc2c1Nc1ccccc1. The Morgan fingerprint density at radius 2 is 0.541 bits per heavy atom. The third-order valence-electron chi connectivity index (χ3n) is 26.0. The maximum atomic E-state index is 11.7. The van der Waals surface area contributed by atoms with Gasteiger partial charge < -0.3 is 83.1 Å². The number of nitrogens with two attached hydrogens (primary N) is 8. The zero-order valence-electron chi connectivity index (χ0n) is 80.5. The predicted molar refractivity (Wildman–Crippen MR) is 561 cm³/mol. The molecule has 148 heavy (non-hydrogen) atoms. The number of hydrogen-bond donors (Lipinski definition) is 15. The average Bonchev–Trinajstić information content (AvgIpc) is 1.60. The van der Waals surface area contributed by atoms with E-state index in [0.717, 1.165) is 97.3 Å². The minimum atomic E-state index is -0.669. The number of carbonyl (C=O) groups is 5. The van der Waals surface area contributed by atoms with Gasteiger partial charge in [0.15, 0.2) is 0 Å².